The van der Waals surface area contributed by atoms with E-state index in [2.05, 4.69) is 86.8 Å². The van der Waals surface area contributed by atoms with Crippen LogP contribution in [0.2, 0.25) is 0 Å². The van der Waals surface area contributed by atoms with E-state index in [1.165, 1.54) is 51.4 Å². The van der Waals surface area contributed by atoms with E-state index in [9.17, 15) is 19.5 Å². The summed E-state index contributed by atoms with van der Waals surface area (Å²) in [4.78, 5) is 36.8. The first kappa shape index (κ1) is 52.8. The molecule has 0 fully saturated rings. The third kappa shape index (κ3) is 36.4. The van der Waals surface area contributed by atoms with Gasteiger partial charge in [0.05, 0.1) is 34.4 Å². The summed E-state index contributed by atoms with van der Waals surface area (Å²) in [5.74, 6) is -1.53. The van der Waals surface area contributed by atoms with Gasteiger partial charge < -0.3 is 23.8 Å². The molecule has 2 atom stereocenters. The number of carboxylic acid groups (broad SMARTS) is 1. The van der Waals surface area contributed by atoms with Crippen molar-refractivity contribution in [3.05, 3.63) is 72.9 Å². The van der Waals surface area contributed by atoms with Crippen molar-refractivity contribution >= 4 is 17.9 Å². The quantitative estimate of drug-likeness (QED) is 0.0288. The number of carboxylic acids is 1. The van der Waals surface area contributed by atoms with Crippen LogP contribution in [0.15, 0.2) is 72.9 Å². The van der Waals surface area contributed by atoms with Crippen LogP contribution in [0.4, 0.5) is 0 Å². The summed E-state index contributed by atoms with van der Waals surface area (Å²) in [6.07, 6.45) is 48.3. The Balaban J connectivity index is 4.21. The zero-order valence-corrected chi connectivity index (χ0v) is 36.3. The van der Waals surface area contributed by atoms with Crippen LogP contribution in [-0.2, 0) is 28.6 Å². The van der Waals surface area contributed by atoms with E-state index in [1.807, 2.05) is 21.1 Å². The van der Waals surface area contributed by atoms with Crippen molar-refractivity contribution in [3.8, 4) is 0 Å². The number of unbranched alkanes of at least 4 members (excludes halogenated alkanes) is 12. The van der Waals surface area contributed by atoms with Crippen LogP contribution in [-0.4, -0.2) is 80.6 Å². The van der Waals surface area contributed by atoms with E-state index in [-0.39, 0.29) is 42.7 Å². The van der Waals surface area contributed by atoms with Crippen molar-refractivity contribution in [2.75, 3.05) is 41.0 Å². The molecule has 0 spiro atoms. The molecule has 0 aliphatic rings. The van der Waals surface area contributed by atoms with Gasteiger partial charge in [0.15, 0.2) is 12.1 Å². The molecule has 8 heteroatoms. The normalized spacial score (nSPS) is 13.7. The smallest absolute Gasteiger partial charge is 0.362 e. The van der Waals surface area contributed by atoms with Crippen molar-refractivity contribution in [1.82, 2.24) is 0 Å². The van der Waals surface area contributed by atoms with Crippen molar-refractivity contribution in [2.45, 2.75) is 174 Å². The average molecular weight is 785 g/mol. The zero-order valence-electron chi connectivity index (χ0n) is 36.3. The SMILES string of the molecule is CC/C=C/C/C=C/C/C=C/C/C=C/CCCCCCCCCCCCC(=O)OCC(COCCC(C(=O)O)[N+](C)(C)C)OC(=O)CCCC/C=C/C/C=C/CC. The molecule has 0 saturated carbocycles. The third-order valence-electron chi connectivity index (χ3n) is 9.35. The van der Waals surface area contributed by atoms with Gasteiger partial charge in [-0.2, -0.15) is 0 Å². The van der Waals surface area contributed by atoms with Crippen LogP contribution in [0.1, 0.15) is 162 Å². The Morgan fingerprint density at radius 2 is 0.946 bits per heavy atom. The molecule has 0 amide bonds. The number of rotatable bonds is 38. The number of carbonyl (C=O) groups is 3. The Bertz CT molecular complexity index is 1140. The highest BCUT2D eigenvalue weighted by Crippen LogP contribution is 2.14. The number of hydrogen-bond donors (Lipinski definition) is 1. The summed E-state index contributed by atoms with van der Waals surface area (Å²) in [7, 11) is 5.50. The number of likely N-dealkylation sites (N-methyl/N-ethyl adjacent to an activating group) is 1. The van der Waals surface area contributed by atoms with Crippen molar-refractivity contribution in [2.24, 2.45) is 0 Å². The molecular weight excluding hydrogens is 703 g/mol. The summed E-state index contributed by atoms with van der Waals surface area (Å²) in [5.41, 5.74) is 0. The fraction of sp³-hybridized carbons (Fsp3) is 0.688. The number of carbonyl (C=O) groups excluding carboxylic acids is 2. The number of nitrogens with zero attached hydrogens (tertiary/aromatic N) is 1. The molecule has 0 aromatic rings. The number of quaternary nitrogens is 1. The fourth-order valence-corrected chi connectivity index (χ4v) is 6.00. The molecule has 0 aromatic heterocycles. The number of allylic oxidation sites excluding steroid dienone is 12. The minimum Gasteiger partial charge on any atom is -0.477 e. The Hall–Kier alpha value is -3.23. The fourth-order valence-electron chi connectivity index (χ4n) is 6.00. The molecular formula is C48H82NO7+. The molecule has 320 valence electrons. The maximum atomic E-state index is 12.6. The minimum atomic E-state index is -0.884. The molecule has 56 heavy (non-hydrogen) atoms. The van der Waals surface area contributed by atoms with Crippen molar-refractivity contribution in [1.29, 1.82) is 0 Å². The Labute approximate surface area is 342 Å². The van der Waals surface area contributed by atoms with Gasteiger partial charge in [-0.3, -0.25) is 9.59 Å². The van der Waals surface area contributed by atoms with Gasteiger partial charge >= 0.3 is 17.9 Å². The Morgan fingerprint density at radius 1 is 0.536 bits per heavy atom. The number of esters is 2. The Kier molecular flexibility index (Phi) is 36.4. The standard InChI is InChI=1S/C48H81NO7/c1-6-8-10-12-14-16-17-18-19-20-21-22-23-24-25-26-27-28-29-31-32-34-36-38-46(50)55-43-44(42-54-41-40-45(48(52)53)49(3,4)5)56-47(51)39-37-35-33-30-15-13-11-9-7-2/h8-11,14-16,18-19,21-22,30,44-45H,6-7,12-13,17,20,23-29,31-43H2,1-5H3/p+1/b10-8+,11-9+,16-14+,19-18+,22-21+,30-15+. The van der Waals surface area contributed by atoms with Crippen LogP contribution in [0.25, 0.3) is 0 Å². The second-order valence-corrected chi connectivity index (χ2v) is 15.5. The molecule has 0 aromatic carbocycles. The molecule has 0 bridgehead atoms. The van der Waals surface area contributed by atoms with Gasteiger partial charge in [-0.1, -0.05) is 138 Å². The number of ether oxygens (including phenoxy) is 3. The molecule has 2 unspecified atom stereocenters. The highest BCUT2D eigenvalue weighted by Gasteiger charge is 2.31. The molecule has 0 aliphatic heterocycles. The van der Waals surface area contributed by atoms with Gasteiger partial charge in [0.1, 0.15) is 6.61 Å². The first-order valence-corrected chi connectivity index (χ1v) is 22.0. The second-order valence-electron chi connectivity index (χ2n) is 15.5. The second kappa shape index (κ2) is 38.6. The lowest BCUT2D eigenvalue weighted by Crippen LogP contribution is -2.50. The number of hydrogen-bond acceptors (Lipinski definition) is 6. The highest BCUT2D eigenvalue weighted by molar-refractivity contribution is 5.72. The zero-order chi connectivity index (χ0) is 41.4. The minimum absolute atomic E-state index is 0.0435. The lowest BCUT2D eigenvalue weighted by molar-refractivity contribution is -0.887. The van der Waals surface area contributed by atoms with E-state index in [0.29, 0.717) is 19.3 Å². The van der Waals surface area contributed by atoms with Gasteiger partial charge in [0.25, 0.3) is 0 Å². The molecule has 0 rings (SSSR count). The largest absolute Gasteiger partial charge is 0.477 e. The van der Waals surface area contributed by atoms with Crippen LogP contribution in [0.3, 0.4) is 0 Å². The Morgan fingerprint density at radius 3 is 1.43 bits per heavy atom. The summed E-state index contributed by atoms with van der Waals surface area (Å²) >= 11 is 0. The maximum absolute atomic E-state index is 12.6. The monoisotopic (exact) mass is 785 g/mol. The topological polar surface area (TPSA) is 99.1 Å². The lowest BCUT2D eigenvalue weighted by Gasteiger charge is -2.31. The van der Waals surface area contributed by atoms with Crippen molar-refractivity contribution < 1.29 is 38.2 Å². The van der Waals surface area contributed by atoms with Crippen molar-refractivity contribution in [3.63, 3.8) is 0 Å². The summed E-state index contributed by atoms with van der Waals surface area (Å²) in [5, 5.41) is 9.60. The predicted molar refractivity (Wildman–Crippen MR) is 233 cm³/mol. The summed E-state index contributed by atoms with van der Waals surface area (Å²) in [6, 6.07) is -0.622. The van der Waals surface area contributed by atoms with Gasteiger partial charge in [0.2, 0.25) is 0 Å². The van der Waals surface area contributed by atoms with E-state index < -0.39 is 18.1 Å². The van der Waals surface area contributed by atoms with Gasteiger partial charge in [-0.15, -0.1) is 0 Å². The van der Waals surface area contributed by atoms with Crippen LogP contribution < -0.4 is 0 Å². The van der Waals surface area contributed by atoms with E-state index in [4.69, 9.17) is 14.2 Å². The van der Waals surface area contributed by atoms with Gasteiger partial charge in [-0.05, 0) is 77.0 Å². The molecule has 0 saturated heterocycles. The number of aliphatic carboxylic acids is 1. The van der Waals surface area contributed by atoms with Crippen LogP contribution in [0.5, 0.6) is 0 Å². The lowest BCUT2D eigenvalue weighted by atomic mass is 10.1. The van der Waals surface area contributed by atoms with E-state index in [1.54, 1.807) is 0 Å². The molecule has 0 radical (unpaired) electrons. The molecule has 0 aliphatic carbocycles. The summed E-state index contributed by atoms with van der Waals surface area (Å²) in [6.45, 7) is 4.44. The molecule has 1 N–H and O–H groups in total. The van der Waals surface area contributed by atoms with Crippen LogP contribution >= 0.6 is 0 Å². The highest BCUT2D eigenvalue weighted by atomic mass is 16.6. The molecule has 0 heterocycles. The average Bonchev–Trinajstić information content (AvgIpc) is 3.15. The maximum Gasteiger partial charge on any atom is 0.362 e. The van der Waals surface area contributed by atoms with E-state index in [0.717, 1.165) is 70.6 Å². The van der Waals surface area contributed by atoms with Gasteiger partial charge in [-0.25, -0.2) is 4.79 Å². The predicted octanol–water partition coefficient (Wildman–Crippen LogP) is 12.0. The van der Waals surface area contributed by atoms with Gasteiger partial charge in [0, 0.05) is 19.3 Å². The first-order valence-electron chi connectivity index (χ1n) is 22.0. The summed E-state index contributed by atoms with van der Waals surface area (Å²) < 4.78 is 17.2. The molecule has 8 nitrogen and oxygen atoms in total. The first-order chi connectivity index (χ1) is 27.1. The third-order valence-corrected chi connectivity index (χ3v) is 9.35. The van der Waals surface area contributed by atoms with E-state index >= 15 is 0 Å². The van der Waals surface area contributed by atoms with Crippen LogP contribution in [0, 0.1) is 0 Å².